The molecular formula is C16H17NS2. The van der Waals surface area contributed by atoms with Crippen LogP contribution in [0.4, 0.5) is 0 Å². The number of nitrogens with one attached hydrogen (secondary N) is 1. The Hall–Kier alpha value is -1.16. The van der Waals surface area contributed by atoms with E-state index in [1.165, 1.54) is 30.3 Å². The molecule has 1 nitrogen and oxygen atoms in total. The van der Waals surface area contributed by atoms with Crippen LogP contribution in [0.5, 0.6) is 0 Å². The predicted molar refractivity (Wildman–Crippen MR) is 86.5 cm³/mol. The van der Waals surface area contributed by atoms with Crippen molar-refractivity contribution in [2.24, 2.45) is 0 Å². The molecule has 0 aliphatic rings. The van der Waals surface area contributed by atoms with Crippen molar-refractivity contribution in [3.8, 4) is 0 Å². The lowest BCUT2D eigenvalue weighted by molar-refractivity contribution is 0.703. The van der Waals surface area contributed by atoms with Crippen molar-refractivity contribution >= 4 is 32.8 Å². The molecule has 0 saturated heterocycles. The summed E-state index contributed by atoms with van der Waals surface area (Å²) in [6.07, 6.45) is 0. The lowest BCUT2D eigenvalue weighted by atomic mass is 10.1. The maximum Gasteiger partial charge on any atom is 0.0679 e. The fraction of sp³-hybridized carbons (Fsp3) is 0.250. The average molecular weight is 287 g/mol. The number of hydrogen-bond acceptors (Lipinski definition) is 3. The Labute approximate surface area is 121 Å². The molecule has 0 radical (unpaired) electrons. The van der Waals surface area contributed by atoms with E-state index in [0.717, 1.165) is 0 Å². The number of thiophene rings is 2. The van der Waals surface area contributed by atoms with E-state index in [1.807, 2.05) is 29.7 Å². The second kappa shape index (κ2) is 5.08. The maximum atomic E-state index is 3.47. The first kappa shape index (κ1) is 12.9. The SMILES string of the molecule is CNC(c1cc2ccccc2s1)c1cc(C)sc1C. The first-order chi connectivity index (χ1) is 9.19. The van der Waals surface area contributed by atoms with Crippen LogP contribution >= 0.6 is 22.7 Å². The molecule has 1 unspecified atom stereocenters. The summed E-state index contributed by atoms with van der Waals surface area (Å²) in [4.78, 5) is 4.19. The van der Waals surface area contributed by atoms with E-state index in [-0.39, 0.29) is 0 Å². The third-order valence-corrected chi connectivity index (χ3v) is 5.57. The van der Waals surface area contributed by atoms with E-state index in [2.05, 4.69) is 55.6 Å². The van der Waals surface area contributed by atoms with Crippen molar-refractivity contribution in [2.75, 3.05) is 7.05 Å². The third kappa shape index (κ3) is 2.34. The minimum Gasteiger partial charge on any atom is -0.309 e. The van der Waals surface area contributed by atoms with Crippen LogP contribution in [0.3, 0.4) is 0 Å². The number of rotatable bonds is 3. The van der Waals surface area contributed by atoms with Gasteiger partial charge in [-0.3, -0.25) is 0 Å². The highest BCUT2D eigenvalue weighted by atomic mass is 32.1. The molecular weight excluding hydrogens is 270 g/mol. The molecule has 19 heavy (non-hydrogen) atoms. The van der Waals surface area contributed by atoms with Gasteiger partial charge in [-0.2, -0.15) is 0 Å². The highest BCUT2D eigenvalue weighted by Gasteiger charge is 2.18. The first-order valence-corrected chi connectivity index (χ1v) is 8.05. The molecule has 3 aromatic rings. The van der Waals surface area contributed by atoms with E-state index < -0.39 is 0 Å². The Morgan fingerprint density at radius 1 is 1.05 bits per heavy atom. The van der Waals surface area contributed by atoms with Crippen LogP contribution in [-0.2, 0) is 0 Å². The summed E-state index contributed by atoms with van der Waals surface area (Å²) in [5, 5.41) is 4.81. The Morgan fingerprint density at radius 3 is 2.47 bits per heavy atom. The van der Waals surface area contributed by atoms with Crippen molar-refractivity contribution in [3.63, 3.8) is 0 Å². The molecule has 1 atom stereocenters. The van der Waals surface area contributed by atoms with Crippen LogP contribution in [0.2, 0.25) is 0 Å². The van der Waals surface area contributed by atoms with Crippen LogP contribution in [-0.4, -0.2) is 7.05 Å². The van der Waals surface area contributed by atoms with Gasteiger partial charge in [0, 0.05) is 19.3 Å². The van der Waals surface area contributed by atoms with Gasteiger partial charge < -0.3 is 5.32 Å². The smallest absolute Gasteiger partial charge is 0.0679 e. The standard InChI is InChI=1S/C16H17NS2/c1-10-8-13(11(2)18-10)16(17-3)15-9-12-6-4-5-7-14(12)19-15/h4-9,16-17H,1-3H3. The summed E-state index contributed by atoms with van der Waals surface area (Å²) in [7, 11) is 2.04. The fourth-order valence-electron chi connectivity index (χ4n) is 2.53. The Bertz CT molecular complexity index is 675. The highest BCUT2D eigenvalue weighted by Crippen LogP contribution is 2.36. The molecule has 98 valence electrons. The second-order valence-electron chi connectivity index (χ2n) is 4.78. The van der Waals surface area contributed by atoms with Crippen LogP contribution in [0.1, 0.15) is 26.2 Å². The molecule has 1 N–H and O–H groups in total. The maximum absolute atomic E-state index is 3.47. The van der Waals surface area contributed by atoms with Gasteiger partial charge in [0.25, 0.3) is 0 Å². The van der Waals surface area contributed by atoms with Crippen molar-refractivity contribution in [1.82, 2.24) is 5.32 Å². The minimum atomic E-state index is 0.308. The van der Waals surface area contributed by atoms with Crippen LogP contribution < -0.4 is 5.32 Å². The summed E-state index contributed by atoms with van der Waals surface area (Å²) < 4.78 is 1.36. The van der Waals surface area contributed by atoms with Crippen molar-refractivity contribution in [3.05, 3.63) is 56.6 Å². The van der Waals surface area contributed by atoms with E-state index in [1.54, 1.807) is 0 Å². The molecule has 2 heterocycles. The molecule has 0 spiro atoms. The minimum absolute atomic E-state index is 0.308. The Balaban J connectivity index is 2.09. The molecule has 0 fully saturated rings. The topological polar surface area (TPSA) is 12.0 Å². The molecule has 1 aromatic carbocycles. The van der Waals surface area contributed by atoms with Gasteiger partial charge in [0.15, 0.2) is 0 Å². The van der Waals surface area contributed by atoms with Gasteiger partial charge in [-0.25, -0.2) is 0 Å². The van der Waals surface area contributed by atoms with Gasteiger partial charge in [0.05, 0.1) is 6.04 Å². The summed E-state index contributed by atoms with van der Waals surface area (Å²) in [5.74, 6) is 0. The van der Waals surface area contributed by atoms with E-state index in [0.29, 0.717) is 6.04 Å². The van der Waals surface area contributed by atoms with Gasteiger partial charge in [-0.15, -0.1) is 22.7 Å². The van der Waals surface area contributed by atoms with Crippen molar-refractivity contribution in [2.45, 2.75) is 19.9 Å². The molecule has 0 saturated carbocycles. The van der Waals surface area contributed by atoms with Gasteiger partial charge >= 0.3 is 0 Å². The number of hydrogen-bond donors (Lipinski definition) is 1. The van der Waals surface area contributed by atoms with Gasteiger partial charge in [-0.1, -0.05) is 18.2 Å². The zero-order valence-corrected chi connectivity index (χ0v) is 13.0. The number of fused-ring (bicyclic) bond motifs is 1. The van der Waals surface area contributed by atoms with Crippen LogP contribution in [0.25, 0.3) is 10.1 Å². The van der Waals surface area contributed by atoms with Crippen LogP contribution in [0, 0.1) is 13.8 Å². The van der Waals surface area contributed by atoms with E-state index in [4.69, 9.17) is 0 Å². The molecule has 0 aliphatic carbocycles. The molecule has 0 amide bonds. The Morgan fingerprint density at radius 2 is 1.84 bits per heavy atom. The monoisotopic (exact) mass is 287 g/mol. The zero-order valence-electron chi connectivity index (χ0n) is 11.4. The van der Waals surface area contributed by atoms with Crippen molar-refractivity contribution < 1.29 is 0 Å². The molecule has 0 bridgehead atoms. The third-order valence-electron chi connectivity index (χ3n) is 3.41. The van der Waals surface area contributed by atoms with Gasteiger partial charge in [0.1, 0.15) is 0 Å². The zero-order chi connectivity index (χ0) is 13.4. The first-order valence-electron chi connectivity index (χ1n) is 6.41. The van der Waals surface area contributed by atoms with Gasteiger partial charge in [0.2, 0.25) is 0 Å². The molecule has 0 aliphatic heterocycles. The van der Waals surface area contributed by atoms with Gasteiger partial charge in [-0.05, 0) is 50.0 Å². The Kier molecular flexibility index (Phi) is 3.44. The highest BCUT2D eigenvalue weighted by molar-refractivity contribution is 7.19. The number of aryl methyl sites for hydroxylation is 2. The van der Waals surface area contributed by atoms with E-state index >= 15 is 0 Å². The average Bonchev–Trinajstić information content (AvgIpc) is 2.94. The summed E-state index contributed by atoms with van der Waals surface area (Å²) >= 11 is 3.76. The number of benzene rings is 1. The fourth-order valence-corrected chi connectivity index (χ4v) is 4.69. The summed E-state index contributed by atoms with van der Waals surface area (Å²) in [6.45, 7) is 4.39. The molecule has 3 heteroatoms. The quantitative estimate of drug-likeness (QED) is 0.723. The van der Waals surface area contributed by atoms with Crippen LogP contribution in [0.15, 0.2) is 36.4 Å². The lowest BCUT2D eigenvalue weighted by Gasteiger charge is -2.14. The lowest BCUT2D eigenvalue weighted by Crippen LogP contribution is -2.16. The van der Waals surface area contributed by atoms with E-state index in [9.17, 15) is 0 Å². The molecule has 3 rings (SSSR count). The van der Waals surface area contributed by atoms with Crippen molar-refractivity contribution in [1.29, 1.82) is 0 Å². The summed E-state index contributed by atoms with van der Waals surface area (Å²) in [5.41, 5.74) is 1.41. The largest absolute Gasteiger partial charge is 0.309 e. The predicted octanol–water partition coefficient (Wildman–Crippen LogP) is 4.89. The normalized spacial score (nSPS) is 13.0. The summed E-state index contributed by atoms with van der Waals surface area (Å²) in [6, 6.07) is 13.5. The second-order valence-corrected chi connectivity index (χ2v) is 7.35. The molecule has 2 aromatic heterocycles.